The quantitative estimate of drug-likeness (QED) is 0.585. The summed E-state index contributed by atoms with van der Waals surface area (Å²) in [5.74, 6) is 1.51. The van der Waals surface area contributed by atoms with Crippen molar-refractivity contribution in [3.63, 3.8) is 0 Å². The van der Waals surface area contributed by atoms with Crippen LogP contribution in [-0.4, -0.2) is 6.54 Å². The van der Waals surface area contributed by atoms with E-state index < -0.39 is 0 Å². The molecule has 0 saturated carbocycles. The van der Waals surface area contributed by atoms with Crippen LogP contribution in [0.25, 0.3) is 0 Å². The minimum atomic E-state index is 0.701. The Hall–Kier alpha value is -0.0400. The molecule has 2 unspecified atom stereocenters. The van der Waals surface area contributed by atoms with E-state index in [1.807, 2.05) is 0 Å². The van der Waals surface area contributed by atoms with E-state index in [0.29, 0.717) is 5.92 Å². The number of nitrogens with two attached hydrogens (primary N) is 1. The van der Waals surface area contributed by atoms with E-state index in [9.17, 15) is 0 Å². The van der Waals surface area contributed by atoms with Gasteiger partial charge in [-0.05, 0) is 18.4 Å². The maximum Gasteiger partial charge on any atom is -0.00490 e. The van der Waals surface area contributed by atoms with Crippen LogP contribution in [0.3, 0.4) is 0 Å². The second-order valence-electron chi connectivity index (χ2n) is 4.04. The van der Waals surface area contributed by atoms with Gasteiger partial charge in [0, 0.05) is 0 Å². The van der Waals surface area contributed by atoms with Gasteiger partial charge in [-0.1, -0.05) is 52.9 Å². The van der Waals surface area contributed by atoms with Crippen LogP contribution in [0, 0.1) is 11.8 Å². The highest BCUT2D eigenvalue weighted by Crippen LogP contribution is 2.17. The fourth-order valence-electron chi connectivity index (χ4n) is 1.41. The molecule has 0 aliphatic heterocycles. The summed E-state index contributed by atoms with van der Waals surface area (Å²) < 4.78 is 0. The zero-order chi connectivity index (χ0) is 9.40. The van der Waals surface area contributed by atoms with Crippen LogP contribution in [0.1, 0.15) is 52.9 Å². The maximum absolute atomic E-state index is 5.60. The number of unbranched alkanes of at least 4 members (excludes halogenated alkanes) is 3. The summed E-state index contributed by atoms with van der Waals surface area (Å²) in [6.45, 7) is 7.68. The van der Waals surface area contributed by atoms with Crippen LogP contribution >= 0.6 is 0 Å². The molecule has 2 atom stereocenters. The smallest absolute Gasteiger partial charge is 0.00490 e. The van der Waals surface area contributed by atoms with Crippen molar-refractivity contribution in [1.82, 2.24) is 0 Å². The van der Waals surface area contributed by atoms with Gasteiger partial charge in [0.05, 0.1) is 0 Å². The van der Waals surface area contributed by atoms with E-state index in [-0.39, 0.29) is 0 Å². The van der Waals surface area contributed by atoms with Crippen molar-refractivity contribution in [3.8, 4) is 0 Å². The zero-order valence-corrected chi connectivity index (χ0v) is 8.97. The Morgan fingerprint density at radius 1 is 1.00 bits per heavy atom. The van der Waals surface area contributed by atoms with E-state index in [1.54, 1.807) is 0 Å². The van der Waals surface area contributed by atoms with Crippen molar-refractivity contribution < 1.29 is 0 Å². The zero-order valence-electron chi connectivity index (χ0n) is 8.97. The second kappa shape index (κ2) is 7.60. The summed E-state index contributed by atoms with van der Waals surface area (Å²) in [6.07, 6.45) is 6.88. The summed E-state index contributed by atoms with van der Waals surface area (Å²) in [5, 5.41) is 0. The molecule has 0 aliphatic rings. The van der Waals surface area contributed by atoms with Gasteiger partial charge < -0.3 is 5.73 Å². The molecule has 1 nitrogen and oxygen atoms in total. The molecular formula is C11H25N. The van der Waals surface area contributed by atoms with E-state index in [0.717, 1.165) is 12.5 Å². The minimum absolute atomic E-state index is 0.701. The standard InChI is InChI=1S/C11H25N/c1-4-5-6-7-8-10(2)11(3)9-12/h10-11H,4-9,12H2,1-3H3. The maximum atomic E-state index is 5.60. The third-order valence-electron chi connectivity index (χ3n) is 2.86. The third kappa shape index (κ3) is 5.59. The van der Waals surface area contributed by atoms with Gasteiger partial charge in [-0.2, -0.15) is 0 Å². The van der Waals surface area contributed by atoms with Crippen molar-refractivity contribution in [3.05, 3.63) is 0 Å². The largest absolute Gasteiger partial charge is 0.330 e. The molecule has 0 aliphatic carbocycles. The molecule has 0 heterocycles. The fourth-order valence-corrected chi connectivity index (χ4v) is 1.41. The highest BCUT2D eigenvalue weighted by Gasteiger charge is 2.08. The Morgan fingerprint density at radius 2 is 1.67 bits per heavy atom. The van der Waals surface area contributed by atoms with Crippen molar-refractivity contribution in [2.45, 2.75) is 52.9 Å². The summed E-state index contributed by atoms with van der Waals surface area (Å²) in [5.41, 5.74) is 5.60. The van der Waals surface area contributed by atoms with Crippen molar-refractivity contribution in [2.24, 2.45) is 17.6 Å². The molecule has 74 valence electrons. The molecule has 0 aromatic heterocycles. The van der Waals surface area contributed by atoms with Crippen LogP contribution in [0.15, 0.2) is 0 Å². The first-order valence-electron chi connectivity index (χ1n) is 5.42. The first-order chi connectivity index (χ1) is 5.72. The second-order valence-corrected chi connectivity index (χ2v) is 4.04. The van der Waals surface area contributed by atoms with E-state index >= 15 is 0 Å². The summed E-state index contributed by atoms with van der Waals surface area (Å²) in [7, 11) is 0. The number of hydrogen-bond acceptors (Lipinski definition) is 1. The van der Waals surface area contributed by atoms with Gasteiger partial charge in [-0.25, -0.2) is 0 Å². The molecular weight excluding hydrogens is 146 g/mol. The molecule has 0 aromatic rings. The van der Waals surface area contributed by atoms with Crippen LogP contribution in [0.4, 0.5) is 0 Å². The molecule has 0 amide bonds. The van der Waals surface area contributed by atoms with Crippen molar-refractivity contribution in [2.75, 3.05) is 6.54 Å². The summed E-state index contributed by atoms with van der Waals surface area (Å²) in [6, 6.07) is 0. The Morgan fingerprint density at radius 3 is 2.17 bits per heavy atom. The number of rotatable bonds is 7. The first-order valence-corrected chi connectivity index (χ1v) is 5.42. The molecule has 0 saturated heterocycles. The predicted octanol–water partition coefficient (Wildman–Crippen LogP) is 3.19. The van der Waals surface area contributed by atoms with E-state index in [1.165, 1.54) is 32.1 Å². The molecule has 0 bridgehead atoms. The van der Waals surface area contributed by atoms with Crippen LogP contribution in [0.2, 0.25) is 0 Å². The summed E-state index contributed by atoms with van der Waals surface area (Å²) in [4.78, 5) is 0. The lowest BCUT2D eigenvalue weighted by Crippen LogP contribution is -2.18. The van der Waals surface area contributed by atoms with Gasteiger partial charge in [0.25, 0.3) is 0 Å². The Labute approximate surface area is 77.7 Å². The van der Waals surface area contributed by atoms with Gasteiger partial charge >= 0.3 is 0 Å². The lowest BCUT2D eigenvalue weighted by Gasteiger charge is -2.17. The number of hydrogen-bond donors (Lipinski definition) is 1. The summed E-state index contributed by atoms with van der Waals surface area (Å²) >= 11 is 0. The van der Waals surface area contributed by atoms with Crippen LogP contribution in [-0.2, 0) is 0 Å². The Balaban J connectivity index is 3.24. The molecule has 2 N–H and O–H groups in total. The van der Waals surface area contributed by atoms with Gasteiger partial charge in [0.1, 0.15) is 0 Å². The Bertz CT molecular complexity index is 91.0. The Kier molecular flexibility index (Phi) is 7.58. The van der Waals surface area contributed by atoms with Crippen molar-refractivity contribution in [1.29, 1.82) is 0 Å². The molecule has 0 radical (unpaired) electrons. The topological polar surface area (TPSA) is 26.0 Å². The molecule has 0 aromatic carbocycles. The average Bonchev–Trinajstić information content (AvgIpc) is 2.10. The molecule has 12 heavy (non-hydrogen) atoms. The SMILES string of the molecule is CCCCCCC(C)C(C)CN. The third-order valence-corrected chi connectivity index (χ3v) is 2.86. The van der Waals surface area contributed by atoms with Gasteiger partial charge in [-0.3, -0.25) is 0 Å². The van der Waals surface area contributed by atoms with Gasteiger partial charge in [-0.15, -0.1) is 0 Å². The van der Waals surface area contributed by atoms with Crippen LogP contribution in [0.5, 0.6) is 0 Å². The highest BCUT2D eigenvalue weighted by atomic mass is 14.5. The lowest BCUT2D eigenvalue weighted by atomic mass is 9.91. The first kappa shape index (κ1) is 12.0. The lowest BCUT2D eigenvalue weighted by molar-refractivity contribution is 0.358. The minimum Gasteiger partial charge on any atom is -0.330 e. The molecule has 0 spiro atoms. The highest BCUT2D eigenvalue weighted by molar-refractivity contribution is 4.62. The van der Waals surface area contributed by atoms with Gasteiger partial charge in [0.15, 0.2) is 0 Å². The molecule has 0 fully saturated rings. The van der Waals surface area contributed by atoms with E-state index in [4.69, 9.17) is 5.73 Å². The monoisotopic (exact) mass is 171 g/mol. The van der Waals surface area contributed by atoms with E-state index in [2.05, 4.69) is 20.8 Å². The predicted molar refractivity (Wildman–Crippen MR) is 56.1 cm³/mol. The fraction of sp³-hybridized carbons (Fsp3) is 1.00. The molecule has 0 rings (SSSR count). The van der Waals surface area contributed by atoms with Gasteiger partial charge in [0.2, 0.25) is 0 Å². The average molecular weight is 171 g/mol. The van der Waals surface area contributed by atoms with Crippen LogP contribution < -0.4 is 5.73 Å². The molecule has 1 heteroatoms. The van der Waals surface area contributed by atoms with Crippen molar-refractivity contribution >= 4 is 0 Å². The normalized spacial score (nSPS) is 16.0.